The third-order valence-electron chi connectivity index (χ3n) is 4.79. The fourth-order valence-corrected chi connectivity index (χ4v) is 3.88. The Hall–Kier alpha value is -2.43. The molecule has 0 saturated heterocycles. The van der Waals surface area contributed by atoms with Crippen LogP contribution in [0.1, 0.15) is 17.5 Å². The number of H-pyrrole nitrogens is 1. The summed E-state index contributed by atoms with van der Waals surface area (Å²) in [5, 5.41) is 1.56. The van der Waals surface area contributed by atoms with Crippen LogP contribution in [-0.2, 0) is 22.5 Å². The summed E-state index contributed by atoms with van der Waals surface area (Å²) in [6.45, 7) is 0.417. The van der Waals surface area contributed by atoms with Crippen LogP contribution in [0.15, 0.2) is 72.0 Å². The van der Waals surface area contributed by atoms with Gasteiger partial charge in [0, 0.05) is 22.8 Å². The average molecular weight is 415 g/mol. The van der Waals surface area contributed by atoms with Crippen molar-refractivity contribution in [2.24, 2.45) is 0 Å². The van der Waals surface area contributed by atoms with E-state index in [0.717, 1.165) is 23.0 Å². The van der Waals surface area contributed by atoms with Crippen molar-refractivity contribution in [3.63, 3.8) is 0 Å². The monoisotopic (exact) mass is 414 g/mol. The zero-order chi connectivity index (χ0) is 19.5. The van der Waals surface area contributed by atoms with E-state index in [1.54, 1.807) is 13.3 Å². The summed E-state index contributed by atoms with van der Waals surface area (Å²) >= 11 is 12.6. The Balaban J connectivity index is 1.53. The minimum Gasteiger partial charge on any atom is -0.493 e. The number of alkyl halides is 1. The second-order valence-corrected chi connectivity index (χ2v) is 7.68. The number of methoxy groups -OCH3 is 1. The van der Waals surface area contributed by atoms with Crippen LogP contribution in [-0.4, -0.2) is 22.5 Å². The van der Waals surface area contributed by atoms with E-state index in [4.69, 9.17) is 32.7 Å². The fraction of sp³-hybridized carbons (Fsp3) is 0.227. The molecule has 144 valence electrons. The normalized spacial score (nSPS) is 17.0. The molecule has 1 atom stereocenters. The first-order chi connectivity index (χ1) is 13.6. The van der Waals surface area contributed by atoms with Gasteiger partial charge in [0.05, 0.1) is 12.5 Å². The molecule has 0 spiro atoms. The van der Waals surface area contributed by atoms with Crippen molar-refractivity contribution in [3.8, 4) is 0 Å². The number of aromatic amines is 1. The smallest absolute Gasteiger partial charge is 0.158 e. The van der Waals surface area contributed by atoms with E-state index in [1.165, 1.54) is 11.1 Å². The topological polar surface area (TPSA) is 47.1 Å². The van der Waals surface area contributed by atoms with Gasteiger partial charge in [-0.15, -0.1) is 11.6 Å². The van der Waals surface area contributed by atoms with Gasteiger partial charge in [0.2, 0.25) is 0 Å². The Morgan fingerprint density at radius 2 is 2.04 bits per heavy atom. The summed E-state index contributed by atoms with van der Waals surface area (Å²) in [7, 11) is 1.64. The van der Waals surface area contributed by atoms with Crippen LogP contribution in [0.25, 0.3) is 11.0 Å². The fourth-order valence-electron chi connectivity index (χ4n) is 3.38. The molecule has 4 nitrogen and oxygen atoms in total. The molecule has 1 aliphatic carbocycles. The first kappa shape index (κ1) is 18.9. The van der Waals surface area contributed by atoms with Gasteiger partial charge in [-0.3, -0.25) is 0 Å². The molecule has 3 aromatic rings. The van der Waals surface area contributed by atoms with Gasteiger partial charge in [-0.1, -0.05) is 29.3 Å². The largest absolute Gasteiger partial charge is 0.493 e. The first-order valence-corrected chi connectivity index (χ1v) is 9.85. The molecule has 1 aromatic carbocycles. The van der Waals surface area contributed by atoms with Crippen LogP contribution in [0.4, 0.5) is 0 Å². The zero-order valence-electron chi connectivity index (χ0n) is 15.4. The molecule has 0 radical (unpaired) electrons. The number of allylic oxidation sites excluding steroid dienone is 3. The zero-order valence-corrected chi connectivity index (χ0v) is 16.9. The van der Waals surface area contributed by atoms with Gasteiger partial charge in [-0.05, 0) is 54.3 Å². The molecular formula is C22H20Cl2N2O2. The van der Waals surface area contributed by atoms with Crippen LogP contribution in [0, 0.1) is 0 Å². The van der Waals surface area contributed by atoms with E-state index < -0.39 is 0 Å². The van der Waals surface area contributed by atoms with E-state index in [-0.39, 0.29) is 5.38 Å². The second kappa shape index (κ2) is 8.29. The molecule has 4 rings (SSSR count). The molecule has 1 N–H and O–H groups in total. The number of rotatable bonds is 6. The third-order valence-corrected chi connectivity index (χ3v) is 5.39. The molecule has 0 amide bonds. The highest BCUT2D eigenvalue weighted by atomic mass is 35.5. The molecule has 0 saturated carbocycles. The summed E-state index contributed by atoms with van der Waals surface area (Å²) in [6.07, 6.45) is 7.31. The van der Waals surface area contributed by atoms with E-state index in [0.29, 0.717) is 29.6 Å². The van der Waals surface area contributed by atoms with E-state index in [2.05, 4.69) is 16.0 Å². The van der Waals surface area contributed by atoms with Gasteiger partial charge in [0.15, 0.2) is 11.5 Å². The van der Waals surface area contributed by atoms with E-state index in [9.17, 15) is 0 Å². The Labute approximate surface area is 173 Å². The van der Waals surface area contributed by atoms with Gasteiger partial charge >= 0.3 is 0 Å². The predicted octanol–water partition coefficient (Wildman–Crippen LogP) is 5.77. The third kappa shape index (κ3) is 4.03. The maximum Gasteiger partial charge on any atom is 0.158 e. The lowest BCUT2D eigenvalue weighted by Crippen LogP contribution is -2.16. The number of hydrogen-bond donors (Lipinski definition) is 1. The van der Waals surface area contributed by atoms with Gasteiger partial charge in [0.25, 0.3) is 0 Å². The number of benzene rings is 1. The maximum absolute atomic E-state index is 6.66. The summed E-state index contributed by atoms with van der Waals surface area (Å²) in [4.78, 5) is 7.56. The summed E-state index contributed by atoms with van der Waals surface area (Å²) < 4.78 is 11.6. The van der Waals surface area contributed by atoms with E-state index in [1.807, 2.05) is 42.6 Å². The molecule has 0 fully saturated rings. The number of hydrogen-bond acceptors (Lipinski definition) is 3. The number of fused-ring (bicyclic) bond motifs is 1. The maximum atomic E-state index is 6.66. The molecule has 0 aliphatic heterocycles. The molecule has 1 aliphatic rings. The minimum absolute atomic E-state index is 0.273. The lowest BCUT2D eigenvalue weighted by molar-refractivity contribution is 0.160. The molecule has 1 unspecified atom stereocenters. The van der Waals surface area contributed by atoms with Gasteiger partial charge in [0.1, 0.15) is 12.3 Å². The van der Waals surface area contributed by atoms with Crippen molar-refractivity contribution in [2.75, 3.05) is 7.11 Å². The van der Waals surface area contributed by atoms with Crippen molar-refractivity contribution in [2.45, 2.75) is 24.8 Å². The molecule has 6 heteroatoms. The summed E-state index contributed by atoms with van der Waals surface area (Å²) in [5.74, 6) is 1.34. The number of pyridine rings is 1. The predicted molar refractivity (Wildman–Crippen MR) is 112 cm³/mol. The highest BCUT2D eigenvalue weighted by Gasteiger charge is 2.25. The second-order valence-electron chi connectivity index (χ2n) is 6.71. The lowest BCUT2D eigenvalue weighted by atomic mass is 9.95. The molecule has 0 bridgehead atoms. The number of nitrogens with one attached hydrogen (secondary N) is 1. The van der Waals surface area contributed by atoms with Crippen molar-refractivity contribution >= 4 is 34.2 Å². The number of ether oxygens (including phenoxy) is 2. The summed E-state index contributed by atoms with van der Waals surface area (Å²) in [6, 6.07) is 11.6. The number of aromatic nitrogens is 2. The van der Waals surface area contributed by atoms with Crippen LogP contribution < -0.4 is 0 Å². The van der Waals surface area contributed by atoms with Crippen LogP contribution in [0.2, 0.25) is 5.02 Å². The lowest BCUT2D eigenvalue weighted by Gasteiger charge is -2.24. The van der Waals surface area contributed by atoms with Crippen molar-refractivity contribution < 1.29 is 9.47 Å². The molecule has 28 heavy (non-hydrogen) atoms. The Morgan fingerprint density at radius 1 is 1.21 bits per heavy atom. The number of nitrogens with zero attached hydrogens (tertiary/aromatic N) is 1. The molecule has 2 heterocycles. The van der Waals surface area contributed by atoms with Crippen molar-refractivity contribution in [3.05, 3.63) is 88.1 Å². The standard InChI is InChI=1S/C22H20Cl2N2O2/c1-27-20-11-15(9-16-12-26-22-18(16)3-2-8-25-22)10-19(24)21(20)28-13-14-4-6-17(23)7-5-14/h2-8,11-12,19H,9-10,13H2,1H3,(H,25,26). The van der Waals surface area contributed by atoms with E-state index >= 15 is 0 Å². The SMILES string of the molecule is COC1=C(OCc2ccc(Cl)cc2)C(Cl)CC(Cc2c[nH]c3ncccc23)=C1. The van der Waals surface area contributed by atoms with Gasteiger partial charge < -0.3 is 14.5 Å². The van der Waals surface area contributed by atoms with Crippen LogP contribution in [0.3, 0.4) is 0 Å². The highest BCUT2D eigenvalue weighted by molar-refractivity contribution is 6.30. The number of halogens is 2. The summed E-state index contributed by atoms with van der Waals surface area (Å²) in [5.41, 5.74) is 4.31. The quantitative estimate of drug-likeness (QED) is 0.520. The average Bonchev–Trinajstić information content (AvgIpc) is 3.11. The minimum atomic E-state index is -0.273. The highest BCUT2D eigenvalue weighted by Crippen LogP contribution is 2.33. The van der Waals surface area contributed by atoms with Gasteiger partial charge in [-0.2, -0.15) is 0 Å². The molecular weight excluding hydrogens is 395 g/mol. The van der Waals surface area contributed by atoms with Crippen LogP contribution >= 0.6 is 23.2 Å². The Bertz CT molecular complexity index is 1040. The van der Waals surface area contributed by atoms with Crippen molar-refractivity contribution in [1.29, 1.82) is 0 Å². The molecule has 2 aromatic heterocycles. The Morgan fingerprint density at radius 3 is 2.82 bits per heavy atom. The van der Waals surface area contributed by atoms with Gasteiger partial charge in [-0.25, -0.2) is 4.98 Å². The van der Waals surface area contributed by atoms with Crippen LogP contribution in [0.5, 0.6) is 0 Å². The first-order valence-electron chi connectivity index (χ1n) is 9.04. The Kier molecular flexibility index (Phi) is 5.60. The van der Waals surface area contributed by atoms with Crippen molar-refractivity contribution in [1.82, 2.24) is 9.97 Å².